The smallest absolute Gasteiger partial charge is 0.249 e. The Morgan fingerprint density at radius 1 is 1.32 bits per heavy atom. The molecule has 1 saturated heterocycles. The van der Waals surface area contributed by atoms with E-state index in [2.05, 4.69) is 36.5 Å². The summed E-state index contributed by atoms with van der Waals surface area (Å²) in [4.78, 5) is 14.5. The molecule has 120 valence electrons. The molecule has 1 saturated carbocycles. The Bertz CT molecular complexity index is 496. The van der Waals surface area contributed by atoms with E-state index < -0.39 is 0 Å². The molecule has 4 heteroatoms. The highest BCUT2D eigenvalue weighted by atomic mass is 16.5. The maximum atomic E-state index is 12.5. The van der Waals surface area contributed by atoms with Crippen molar-refractivity contribution in [3.63, 3.8) is 0 Å². The first-order valence-electron chi connectivity index (χ1n) is 8.44. The number of nitrogens with one attached hydrogen (secondary N) is 1. The first-order valence-corrected chi connectivity index (χ1v) is 8.44. The van der Waals surface area contributed by atoms with Gasteiger partial charge < -0.3 is 15.0 Å². The van der Waals surface area contributed by atoms with Gasteiger partial charge in [-0.1, -0.05) is 31.2 Å². The van der Waals surface area contributed by atoms with Gasteiger partial charge in [0.15, 0.2) is 0 Å². The maximum Gasteiger partial charge on any atom is 0.249 e. The topological polar surface area (TPSA) is 41.6 Å². The van der Waals surface area contributed by atoms with Crippen LogP contribution in [0.2, 0.25) is 0 Å². The second kappa shape index (κ2) is 7.25. The summed E-state index contributed by atoms with van der Waals surface area (Å²) in [5.41, 5.74) is 2.54. The highest BCUT2D eigenvalue weighted by Gasteiger charge is 2.28. The second-order valence-electron chi connectivity index (χ2n) is 6.36. The first-order chi connectivity index (χ1) is 10.8. The summed E-state index contributed by atoms with van der Waals surface area (Å²) in [5.74, 6) is 0.819. The van der Waals surface area contributed by atoms with Crippen LogP contribution in [0.3, 0.4) is 0 Å². The Balaban J connectivity index is 1.62. The van der Waals surface area contributed by atoms with E-state index in [9.17, 15) is 4.79 Å². The van der Waals surface area contributed by atoms with Crippen molar-refractivity contribution in [3.05, 3.63) is 35.4 Å². The van der Waals surface area contributed by atoms with Gasteiger partial charge in [-0.05, 0) is 36.3 Å². The number of rotatable bonds is 6. The van der Waals surface area contributed by atoms with E-state index in [4.69, 9.17) is 4.74 Å². The summed E-state index contributed by atoms with van der Waals surface area (Å²) < 4.78 is 5.58. The number of carbonyl (C=O) groups is 1. The van der Waals surface area contributed by atoms with Crippen LogP contribution in [0.15, 0.2) is 24.3 Å². The number of nitrogens with zero attached hydrogens (tertiary/aromatic N) is 1. The van der Waals surface area contributed by atoms with Crippen molar-refractivity contribution in [3.8, 4) is 0 Å². The molecule has 3 rings (SSSR count). The van der Waals surface area contributed by atoms with Gasteiger partial charge >= 0.3 is 0 Å². The number of hydrogen-bond donors (Lipinski definition) is 1. The van der Waals surface area contributed by atoms with Gasteiger partial charge in [-0.2, -0.15) is 0 Å². The molecule has 1 aliphatic carbocycles. The van der Waals surface area contributed by atoms with E-state index in [1.807, 2.05) is 4.90 Å². The van der Waals surface area contributed by atoms with Gasteiger partial charge in [-0.3, -0.25) is 4.79 Å². The lowest BCUT2D eigenvalue weighted by atomic mass is 10.0. The van der Waals surface area contributed by atoms with Crippen LogP contribution >= 0.6 is 0 Å². The molecule has 22 heavy (non-hydrogen) atoms. The Kier molecular flexibility index (Phi) is 5.11. The normalized spacial score (nSPS) is 21.9. The number of amides is 1. The molecule has 1 aromatic rings. The van der Waals surface area contributed by atoms with Crippen molar-refractivity contribution < 1.29 is 9.53 Å². The van der Waals surface area contributed by atoms with E-state index >= 15 is 0 Å². The highest BCUT2D eigenvalue weighted by Crippen LogP contribution is 2.29. The van der Waals surface area contributed by atoms with Gasteiger partial charge in [-0.15, -0.1) is 0 Å². The summed E-state index contributed by atoms with van der Waals surface area (Å²) in [6.07, 6.45) is 3.56. The van der Waals surface area contributed by atoms with Gasteiger partial charge in [0.25, 0.3) is 0 Å². The van der Waals surface area contributed by atoms with Crippen LogP contribution in [-0.2, 0) is 16.0 Å². The predicted molar refractivity (Wildman–Crippen MR) is 86.7 cm³/mol. The maximum absolute atomic E-state index is 12.5. The minimum absolute atomic E-state index is 0.117. The van der Waals surface area contributed by atoms with Crippen molar-refractivity contribution in [1.82, 2.24) is 10.2 Å². The molecule has 0 bridgehead atoms. The van der Waals surface area contributed by atoms with Crippen molar-refractivity contribution >= 4 is 5.91 Å². The zero-order chi connectivity index (χ0) is 15.4. The molecule has 1 aliphatic heterocycles. The van der Waals surface area contributed by atoms with Crippen molar-refractivity contribution in [2.75, 3.05) is 32.8 Å². The molecule has 1 aromatic carbocycles. The van der Waals surface area contributed by atoms with Crippen LogP contribution in [-0.4, -0.2) is 43.7 Å². The quantitative estimate of drug-likeness (QED) is 0.875. The standard InChI is InChI=1S/C18H26N2O2/c1-2-14-5-7-16(8-6-14)17-11-19-9-10-20(17)18(21)13-22-12-15-3-4-15/h5-8,15,17,19H,2-4,9-13H2,1H3. The van der Waals surface area contributed by atoms with Gasteiger partial charge in [-0.25, -0.2) is 0 Å². The molecule has 1 unspecified atom stereocenters. The number of piperazine rings is 1. The summed E-state index contributed by atoms with van der Waals surface area (Å²) in [7, 11) is 0. The fraction of sp³-hybridized carbons (Fsp3) is 0.611. The third-order valence-corrected chi connectivity index (χ3v) is 4.61. The first kappa shape index (κ1) is 15.5. The molecular formula is C18H26N2O2. The molecule has 4 nitrogen and oxygen atoms in total. The van der Waals surface area contributed by atoms with E-state index in [0.29, 0.717) is 5.92 Å². The van der Waals surface area contributed by atoms with E-state index in [0.717, 1.165) is 32.7 Å². The Morgan fingerprint density at radius 2 is 2.09 bits per heavy atom. The predicted octanol–water partition coefficient (Wildman–Crippen LogP) is 2.15. The fourth-order valence-electron chi connectivity index (χ4n) is 2.96. The van der Waals surface area contributed by atoms with Crippen LogP contribution in [0.5, 0.6) is 0 Å². The van der Waals surface area contributed by atoms with Crippen LogP contribution in [0.4, 0.5) is 0 Å². The Hall–Kier alpha value is -1.39. The van der Waals surface area contributed by atoms with Crippen LogP contribution in [0, 0.1) is 5.92 Å². The summed E-state index contributed by atoms with van der Waals surface area (Å²) in [6.45, 7) is 5.56. The molecule has 2 fully saturated rings. The SMILES string of the molecule is CCc1ccc(C2CNCCN2C(=O)COCC2CC2)cc1. The van der Waals surface area contributed by atoms with Crippen LogP contribution in [0.25, 0.3) is 0 Å². The summed E-state index contributed by atoms with van der Waals surface area (Å²) in [6, 6.07) is 8.76. The molecule has 1 amide bonds. The van der Waals surface area contributed by atoms with Gasteiger partial charge in [0.05, 0.1) is 12.6 Å². The Labute approximate surface area is 132 Å². The number of hydrogen-bond acceptors (Lipinski definition) is 3. The molecule has 1 N–H and O–H groups in total. The lowest BCUT2D eigenvalue weighted by molar-refractivity contribution is -0.139. The number of ether oxygens (including phenoxy) is 1. The van der Waals surface area contributed by atoms with Gasteiger partial charge in [0.2, 0.25) is 5.91 Å². The average molecular weight is 302 g/mol. The molecule has 1 heterocycles. The van der Waals surface area contributed by atoms with Crippen LogP contribution in [0.1, 0.15) is 36.9 Å². The second-order valence-corrected chi connectivity index (χ2v) is 6.36. The van der Waals surface area contributed by atoms with Crippen LogP contribution < -0.4 is 5.32 Å². The van der Waals surface area contributed by atoms with Gasteiger partial charge in [0, 0.05) is 19.6 Å². The van der Waals surface area contributed by atoms with E-state index in [-0.39, 0.29) is 18.6 Å². The minimum Gasteiger partial charge on any atom is -0.371 e. The largest absolute Gasteiger partial charge is 0.371 e. The van der Waals surface area contributed by atoms with E-state index in [1.165, 1.54) is 24.0 Å². The molecule has 0 radical (unpaired) electrons. The summed E-state index contributed by atoms with van der Waals surface area (Å²) in [5, 5.41) is 3.40. The lowest BCUT2D eigenvalue weighted by Crippen LogP contribution is -2.49. The monoisotopic (exact) mass is 302 g/mol. The molecular weight excluding hydrogens is 276 g/mol. The van der Waals surface area contributed by atoms with Crippen molar-refractivity contribution in [1.29, 1.82) is 0 Å². The zero-order valence-corrected chi connectivity index (χ0v) is 13.4. The lowest BCUT2D eigenvalue weighted by Gasteiger charge is -2.36. The van der Waals surface area contributed by atoms with Crippen molar-refractivity contribution in [2.24, 2.45) is 5.92 Å². The number of benzene rings is 1. The third kappa shape index (κ3) is 3.87. The zero-order valence-electron chi connectivity index (χ0n) is 13.4. The third-order valence-electron chi connectivity index (χ3n) is 4.61. The molecule has 0 spiro atoms. The highest BCUT2D eigenvalue weighted by molar-refractivity contribution is 5.78. The Morgan fingerprint density at radius 3 is 2.77 bits per heavy atom. The molecule has 2 aliphatic rings. The fourth-order valence-corrected chi connectivity index (χ4v) is 2.96. The van der Waals surface area contributed by atoms with E-state index in [1.54, 1.807) is 0 Å². The number of carbonyl (C=O) groups excluding carboxylic acids is 1. The average Bonchev–Trinajstić information content (AvgIpc) is 3.39. The van der Waals surface area contributed by atoms with Crippen molar-refractivity contribution in [2.45, 2.75) is 32.2 Å². The summed E-state index contributed by atoms with van der Waals surface area (Å²) >= 11 is 0. The number of aryl methyl sites for hydroxylation is 1. The minimum atomic E-state index is 0.117. The molecule has 0 aromatic heterocycles. The molecule has 1 atom stereocenters. The van der Waals surface area contributed by atoms with Gasteiger partial charge in [0.1, 0.15) is 6.61 Å².